The first-order valence-corrected chi connectivity index (χ1v) is 12.0. The predicted octanol–water partition coefficient (Wildman–Crippen LogP) is 5.42. The Morgan fingerprint density at radius 2 is 1.97 bits per heavy atom. The van der Waals surface area contributed by atoms with E-state index in [1.54, 1.807) is 0 Å². The Kier molecular flexibility index (Phi) is 7.46. The Balaban J connectivity index is 1.38. The zero-order valence-corrected chi connectivity index (χ0v) is 20.2. The first-order valence-electron chi connectivity index (χ1n) is 11.6. The third-order valence-corrected chi connectivity index (χ3v) is 6.55. The van der Waals surface area contributed by atoms with Gasteiger partial charge in [-0.1, -0.05) is 54.9 Å². The summed E-state index contributed by atoms with van der Waals surface area (Å²) in [7, 11) is 0. The maximum atomic E-state index is 13.2. The Hall–Kier alpha value is -2.70. The zero-order valence-electron chi connectivity index (χ0n) is 19.4. The smallest absolute Gasteiger partial charge is 0.241 e. The minimum atomic E-state index is -0.0531. The first kappa shape index (κ1) is 23.5. The Labute approximate surface area is 200 Å². The van der Waals surface area contributed by atoms with Gasteiger partial charge in [-0.2, -0.15) is 4.98 Å². The number of piperidine rings is 1. The highest BCUT2D eigenvalue weighted by Gasteiger charge is 2.29. The molecule has 2 aromatic carbocycles. The largest absolute Gasteiger partial charge is 0.349 e. The third kappa shape index (κ3) is 5.81. The molecule has 3 aromatic rings. The van der Waals surface area contributed by atoms with Crippen LogP contribution in [-0.2, 0) is 11.3 Å². The lowest BCUT2D eigenvalue weighted by atomic mass is 9.91. The van der Waals surface area contributed by atoms with Gasteiger partial charge < -0.3 is 9.84 Å². The second kappa shape index (κ2) is 10.5. The van der Waals surface area contributed by atoms with E-state index in [2.05, 4.69) is 53.3 Å². The number of nitrogens with zero attached hydrogens (tertiary/aromatic N) is 3. The Morgan fingerprint density at radius 1 is 1.21 bits per heavy atom. The third-order valence-electron chi connectivity index (χ3n) is 6.29. The standard InChI is InChI=1S/C26H31ClN4O2/c1-17(2)24(22-9-5-4-7-18(22)3)29-26(32)20-8-6-14-31(15-20)16-23-28-25(30-33-23)19-10-12-21(27)13-11-19/h4-5,7,9-13,17,20,24H,6,8,14-16H2,1-3H3,(H,29,32). The van der Waals surface area contributed by atoms with Gasteiger partial charge in [-0.15, -0.1) is 0 Å². The fourth-order valence-electron chi connectivity index (χ4n) is 4.45. The minimum Gasteiger partial charge on any atom is -0.349 e. The van der Waals surface area contributed by atoms with E-state index < -0.39 is 0 Å². The molecular weight excluding hydrogens is 436 g/mol. The van der Waals surface area contributed by atoms with Crippen LogP contribution in [0.5, 0.6) is 0 Å². The van der Waals surface area contributed by atoms with Gasteiger partial charge in [0.25, 0.3) is 0 Å². The maximum absolute atomic E-state index is 13.2. The number of halogens is 1. The number of carbonyl (C=O) groups excluding carboxylic acids is 1. The summed E-state index contributed by atoms with van der Waals surface area (Å²) in [6.45, 7) is 8.53. The Morgan fingerprint density at radius 3 is 2.70 bits per heavy atom. The van der Waals surface area contributed by atoms with E-state index in [0.29, 0.717) is 35.7 Å². The van der Waals surface area contributed by atoms with Gasteiger partial charge in [-0.05, 0) is 67.6 Å². The second-order valence-corrected chi connectivity index (χ2v) is 9.62. The van der Waals surface area contributed by atoms with E-state index in [0.717, 1.165) is 24.9 Å². The lowest BCUT2D eigenvalue weighted by Crippen LogP contribution is -2.44. The summed E-state index contributed by atoms with van der Waals surface area (Å²) in [5, 5.41) is 8.10. The molecule has 33 heavy (non-hydrogen) atoms. The van der Waals surface area contributed by atoms with E-state index >= 15 is 0 Å². The van der Waals surface area contributed by atoms with Gasteiger partial charge in [-0.3, -0.25) is 9.69 Å². The van der Waals surface area contributed by atoms with E-state index in [1.165, 1.54) is 11.1 Å². The summed E-state index contributed by atoms with van der Waals surface area (Å²) >= 11 is 5.96. The number of aromatic nitrogens is 2. The second-order valence-electron chi connectivity index (χ2n) is 9.18. The van der Waals surface area contributed by atoms with Gasteiger partial charge >= 0.3 is 0 Å². The molecule has 0 aliphatic carbocycles. The molecule has 0 radical (unpaired) electrons. The molecule has 1 amide bonds. The quantitative estimate of drug-likeness (QED) is 0.503. The van der Waals surface area contributed by atoms with E-state index in [9.17, 15) is 4.79 Å². The number of benzene rings is 2. The SMILES string of the molecule is Cc1ccccc1C(NC(=O)C1CCCN(Cc2nc(-c3ccc(Cl)cc3)no2)C1)C(C)C. The fraction of sp³-hybridized carbons (Fsp3) is 0.423. The molecule has 1 saturated heterocycles. The molecule has 0 saturated carbocycles. The number of hydrogen-bond donors (Lipinski definition) is 1. The summed E-state index contributed by atoms with van der Waals surface area (Å²) in [6.07, 6.45) is 1.85. The molecule has 1 N–H and O–H groups in total. The van der Waals surface area contributed by atoms with Crippen LogP contribution in [-0.4, -0.2) is 34.0 Å². The number of carbonyl (C=O) groups is 1. The van der Waals surface area contributed by atoms with Crippen LogP contribution in [0.1, 0.15) is 49.7 Å². The zero-order chi connectivity index (χ0) is 23.4. The number of nitrogens with one attached hydrogen (secondary N) is 1. The highest BCUT2D eigenvalue weighted by molar-refractivity contribution is 6.30. The Bertz CT molecular complexity index is 1080. The van der Waals surface area contributed by atoms with E-state index in [-0.39, 0.29) is 17.9 Å². The van der Waals surface area contributed by atoms with Crippen LogP contribution in [0.3, 0.4) is 0 Å². The summed E-state index contributed by atoms with van der Waals surface area (Å²) < 4.78 is 5.48. The van der Waals surface area contributed by atoms with E-state index in [1.807, 2.05) is 36.4 Å². The van der Waals surface area contributed by atoms with Crippen molar-refractivity contribution in [1.82, 2.24) is 20.4 Å². The average Bonchev–Trinajstić information content (AvgIpc) is 3.27. The highest BCUT2D eigenvalue weighted by atomic mass is 35.5. The lowest BCUT2D eigenvalue weighted by Gasteiger charge is -2.33. The molecule has 1 aliphatic rings. The van der Waals surface area contributed by atoms with Crippen molar-refractivity contribution in [2.24, 2.45) is 11.8 Å². The summed E-state index contributed by atoms with van der Waals surface area (Å²) in [5.41, 5.74) is 3.25. The van der Waals surface area contributed by atoms with Crippen LogP contribution in [0.25, 0.3) is 11.4 Å². The molecule has 2 unspecified atom stereocenters. The monoisotopic (exact) mass is 466 g/mol. The number of likely N-dealkylation sites (tertiary alicyclic amines) is 1. The molecule has 1 aliphatic heterocycles. The van der Waals surface area contributed by atoms with Crippen molar-refractivity contribution in [3.05, 3.63) is 70.6 Å². The van der Waals surface area contributed by atoms with Crippen LogP contribution in [0.4, 0.5) is 0 Å². The molecule has 1 aromatic heterocycles. The highest BCUT2D eigenvalue weighted by Crippen LogP contribution is 2.27. The normalized spacial score (nSPS) is 17.8. The van der Waals surface area contributed by atoms with Crippen LogP contribution in [0.2, 0.25) is 5.02 Å². The number of aryl methyl sites for hydroxylation is 1. The minimum absolute atomic E-state index is 0.00644. The van der Waals surface area contributed by atoms with Crippen LogP contribution < -0.4 is 5.32 Å². The van der Waals surface area contributed by atoms with Crippen LogP contribution in [0, 0.1) is 18.8 Å². The molecule has 0 bridgehead atoms. The molecule has 2 heterocycles. The van der Waals surface area contributed by atoms with Crippen molar-refractivity contribution < 1.29 is 9.32 Å². The van der Waals surface area contributed by atoms with Crippen molar-refractivity contribution in [2.75, 3.05) is 13.1 Å². The summed E-state index contributed by atoms with van der Waals surface area (Å²) in [5.74, 6) is 1.48. The maximum Gasteiger partial charge on any atom is 0.241 e. The molecular formula is C26H31ClN4O2. The van der Waals surface area contributed by atoms with Crippen molar-refractivity contribution in [1.29, 1.82) is 0 Å². The van der Waals surface area contributed by atoms with Crippen LogP contribution in [0.15, 0.2) is 53.1 Å². The molecule has 6 nitrogen and oxygen atoms in total. The van der Waals surface area contributed by atoms with Crippen molar-refractivity contribution in [2.45, 2.75) is 46.2 Å². The molecule has 174 valence electrons. The van der Waals surface area contributed by atoms with Gasteiger partial charge in [0.2, 0.25) is 17.6 Å². The summed E-state index contributed by atoms with van der Waals surface area (Å²) in [6, 6.07) is 15.7. The number of rotatable bonds is 7. The molecule has 1 fully saturated rings. The number of amides is 1. The van der Waals surface area contributed by atoms with Gasteiger partial charge in [-0.25, -0.2) is 0 Å². The molecule has 7 heteroatoms. The molecule has 2 atom stereocenters. The van der Waals surface area contributed by atoms with Crippen molar-refractivity contribution >= 4 is 17.5 Å². The van der Waals surface area contributed by atoms with Gasteiger partial charge in [0, 0.05) is 17.1 Å². The topological polar surface area (TPSA) is 71.3 Å². The molecule has 0 spiro atoms. The lowest BCUT2D eigenvalue weighted by molar-refractivity contribution is -0.128. The average molecular weight is 467 g/mol. The number of hydrogen-bond acceptors (Lipinski definition) is 5. The van der Waals surface area contributed by atoms with Gasteiger partial charge in [0.15, 0.2) is 0 Å². The van der Waals surface area contributed by atoms with Gasteiger partial charge in [0.05, 0.1) is 18.5 Å². The first-order chi connectivity index (χ1) is 15.9. The molecule has 4 rings (SSSR count). The van der Waals surface area contributed by atoms with Crippen molar-refractivity contribution in [3.63, 3.8) is 0 Å². The van der Waals surface area contributed by atoms with Crippen LogP contribution >= 0.6 is 11.6 Å². The van der Waals surface area contributed by atoms with Crippen molar-refractivity contribution in [3.8, 4) is 11.4 Å². The predicted molar refractivity (Wildman–Crippen MR) is 130 cm³/mol. The van der Waals surface area contributed by atoms with Gasteiger partial charge in [0.1, 0.15) is 0 Å². The summed E-state index contributed by atoms with van der Waals surface area (Å²) in [4.78, 5) is 20.0. The fourth-order valence-corrected chi connectivity index (χ4v) is 4.58. The van der Waals surface area contributed by atoms with E-state index in [4.69, 9.17) is 16.1 Å².